The molecule has 4 rings (SSSR count). The van der Waals surface area contributed by atoms with Crippen LogP contribution in [0.1, 0.15) is 26.6 Å². The number of carbonyl (C=O) groups is 3. The lowest BCUT2D eigenvalue weighted by atomic mass is 10.0. The molecular weight excluding hydrogens is 532 g/mol. The number of thioether (sulfide) groups is 1. The molecule has 0 aliphatic carbocycles. The summed E-state index contributed by atoms with van der Waals surface area (Å²) in [6.07, 6.45) is 3.80. The summed E-state index contributed by atoms with van der Waals surface area (Å²) in [5, 5.41) is 18.1. The molecule has 15 heteroatoms. The molecule has 4 heterocycles. The number of nitrogen functional groups attached to an aromatic ring is 1. The molecule has 38 heavy (non-hydrogen) atoms. The second kappa shape index (κ2) is 11.8. The Bertz CT molecular complexity index is 1290. The van der Waals surface area contributed by atoms with E-state index in [9.17, 15) is 19.5 Å². The number of hydrogen-bond donors (Lipinski definition) is 2. The minimum absolute atomic E-state index is 0.0278. The van der Waals surface area contributed by atoms with Gasteiger partial charge >= 0.3 is 0 Å². The smallest absolute Gasteiger partial charge is 0.278 e. The van der Waals surface area contributed by atoms with Gasteiger partial charge in [0.15, 0.2) is 24.1 Å². The number of nitrogens with two attached hydrogens (primary N) is 1. The first-order chi connectivity index (χ1) is 18.3. The van der Waals surface area contributed by atoms with E-state index in [0.717, 1.165) is 30.3 Å². The van der Waals surface area contributed by atoms with E-state index in [1.807, 2.05) is 29.1 Å². The van der Waals surface area contributed by atoms with Crippen molar-refractivity contribution in [2.24, 2.45) is 5.16 Å². The van der Waals surface area contributed by atoms with Crippen LogP contribution in [0.25, 0.3) is 0 Å². The van der Waals surface area contributed by atoms with Gasteiger partial charge < -0.3 is 30.7 Å². The highest BCUT2D eigenvalue weighted by Gasteiger charge is 2.53. The molecule has 0 aromatic carbocycles. The number of anilines is 2. The molecule has 1 saturated heterocycles. The van der Waals surface area contributed by atoms with Gasteiger partial charge in [0.2, 0.25) is 11.5 Å². The van der Waals surface area contributed by atoms with Crippen LogP contribution in [-0.2, 0) is 25.8 Å². The number of aliphatic carboxylic acids is 1. The zero-order chi connectivity index (χ0) is 27.4. The van der Waals surface area contributed by atoms with E-state index in [4.69, 9.17) is 10.6 Å². The van der Waals surface area contributed by atoms with Crippen molar-refractivity contribution in [3.8, 4) is 0 Å². The van der Waals surface area contributed by atoms with E-state index in [0.29, 0.717) is 11.3 Å². The molecule has 13 nitrogen and oxygen atoms in total. The van der Waals surface area contributed by atoms with Gasteiger partial charge in [-0.15, -0.1) is 11.8 Å². The van der Waals surface area contributed by atoms with Gasteiger partial charge in [-0.2, -0.15) is 13.9 Å². The fourth-order valence-electron chi connectivity index (χ4n) is 4.25. The Morgan fingerprint density at radius 3 is 2.76 bits per heavy atom. The normalized spacial score (nSPS) is 19.1. The Morgan fingerprint density at radius 2 is 2.13 bits per heavy atom. The number of carbonyl (C=O) groups excluding carboxylic acids is 3. The molecule has 1 fully saturated rings. The maximum Gasteiger partial charge on any atom is 0.278 e. The molecule has 0 bridgehead atoms. The molecule has 2 atom stereocenters. The van der Waals surface area contributed by atoms with Gasteiger partial charge in [0.25, 0.3) is 11.8 Å². The average Bonchev–Trinajstić information content (AvgIpc) is 3.33. The third-order valence-electron chi connectivity index (χ3n) is 6.03. The molecule has 0 radical (unpaired) electrons. The third-order valence-corrected chi connectivity index (χ3v) is 7.91. The summed E-state index contributed by atoms with van der Waals surface area (Å²) in [6, 6.07) is 2.93. The fraction of sp³-hybridized carbons (Fsp3) is 0.435. The minimum atomic E-state index is -1.44. The van der Waals surface area contributed by atoms with E-state index in [2.05, 4.69) is 38.6 Å². The second-order valence-electron chi connectivity index (χ2n) is 8.32. The molecule has 2 aromatic rings. The van der Waals surface area contributed by atoms with Gasteiger partial charge in [-0.05, 0) is 26.8 Å². The Morgan fingerprint density at radius 1 is 1.37 bits per heavy atom. The van der Waals surface area contributed by atoms with Crippen molar-refractivity contribution in [1.82, 2.24) is 19.6 Å². The number of oxime groups is 1. The van der Waals surface area contributed by atoms with E-state index in [1.54, 1.807) is 6.92 Å². The SMILES string of the molecule is CCON=C(C(=O)NC1C(=O)N2C(C(=O)[O-])=C(C[n+]3cccc(N(CC)CC)c3)CS[C@@H]12)c1nsc(N)n1. The predicted molar refractivity (Wildman–Crippen MR) is 140 cm³/mol. The van der Waals surface area contributed by atoms with Crippen LogP contribution >= 0.6 is 23.3 Å². The summed E-state index contributed by atoms with van der Waals surface area (Å²) >= 11 is 2.25. The first-order valence-electron chi connectivity index (χ1n) is 12.0. The third kappa shape index (κ3) is 5.43. The summed E-state index contributed by atoms with van der Waals surface area (Å²) in [5.74, 6) is -2.42. The topological polar surface area (TPSA) is 170 Å². The molecule has 2 aliphatic heterocycles. The zero-order valence-electron chi connectivity index (χ0n) is 21.1. The van der Waals surface area contributed by atoms with Crippen LogP contribution in [0.3, 0.4) is 0 Å². The van der Waals surface area contributed by atoms with Gasteiger partial charge in [-0.25, -0.2) is 0 Å². The molecule has 2 amide bonds. The Balaban J connectivity index is 1.53. The number of carboxylic acid groups (broad SMARTS) is 1. The first-order valence-corrected chi connectivity index (χ1v) is 13.8. The van der Waals surface area contributed by atoms with Gasteiger partial charge in [-0.1, -0.05) is 5.16 Å². The number of aromatic nitrogens is 3. The highest BCUT2D eigenvalue weighted by molar-refractivity contribution is 8.00. The van der Waals surface area contributed by atoms with Crippen molar-refractivity contribution in [2.75, 3.05) is 36.1 Å². The number of rotatable bonds is 11. The van der Waals surface area contributed by atoms with Crippen LogP contribution in [0.2, 0.25) is 0 Å². The van der Waals surface area contributed by atoms with Crippen LogP contribution in [0.5, 0.6) is 0 Å². The molecule has 1 unspecified atom stereocenters. The van der Waals surface area contributed by atoms with E-state index in [-0.39, 0.29) is 35.5 Å². The van der Waals surface area contributed by atoms with Crippen molar-refractivity contribution in [3.05, 3.63) is 41.6 Å². The largest absolute Gasteiger partial charge is 0.543 e. The molecule has 2 aliphatic rings. The van der Waals surface area contributed by atoms with Gasteiger partial charge in [0.05, 0.1) is 11.7 Å². The van der Waals surface area contributed by atoms with Crippen LogP contribution in [0, 0.1) is 0 Å². The Hall–Kier alpha value is -3.72. The van der Waals surface area contributed by atoms with Crippen molar-refractivity contribution in [2.45, 2.75) is 38.7 Å². The molecule has 3 N–H and O–H groups in total. The summed E-state index contributed by atoms with van der Waals surface area (Å²) in [6.45, 7) is 7.97. The van der Waals surface area contributed by atoms with E-state index < -0.39 is 29.2 Å². The lowest BCUT2D eigenvalue weighted by Crippen LogP contribution is -2.71. The van der Waals surface area contributed by atoms with Crippen LogP contribution in [0.15, 0.2) is 41.0 Å². The number of nitrogens with zero attached hydrogens (tertiary/aromatic N) is 6. The highest BCUT2D eigenvalue weighted by Crippen LogP contribution is 2.40. The Labute approximate surface area is 227 Å². The number of nitrogens with one attached hydrogen (secondary N) is 1. The Kier molecular flexibility index (Phi) is 8.46. The summed E-state index contributed by atoms with van der Waals surface area (Å²) in [7, 11) is 0. The van der Waals surface area contributed by atoms with Crippen LogP contribution in [0.4, 0.5) is 10.8 Å². The number of carboxylic acids is 1. The molecule has 0 spiro atoms. The standard InChI is InChI=1S/C23H28N8O5S2/c1-4-30(5-2)14-8-7-9-29(11-14)10-13-12-37-21-16(20(33)31(21)17(13)22(34)35)25-19(32)15(27-36-6-3)18-26-23(24)38-28-18/h7-9,11,16,21H,4-6,10,12H2,1-3H3,(H3-,24,25,26,28,32,34,35)/t16?,21-/m0/s1. The molecular formula is C23H28N8O5S2. The average molecular weight is 561 g/mol. The molecule has 202 valence electrons. The maximum atomic E-state index is 13.1. The second-order valence-corrected chi connectivity index (χ2v) is 10.2. The highest BCUT2D eigenvalue weighted by atomic mass is 32.2. The number of amides is 2. The van der Waals surface area contributed by atoms with Gasteiger partial charge in [0, 0.05) is 42.0 Å². The van der Waals surface area contributed by atoms with Crippen LogP contribution in [-0.4, -0.2) is 74.6 Å². The number of hydrogen-bond acceptors (Lipinski definition) is 12. The molecule has 0 saturated carbocycles. The van der Waals surface area contributed by atoms with Gasteiger partial charge in [0.1, 0.15) is 23.7 Å². The summed E-state index contributed by atoms with van der Waals surface area (Å²) in [5.41, 5.74) is 6.79. The predicted octanol–water partition coefficient (Wildman–Crippen LogP) is -0.901. The first kappa shape index (κ1) is 27.3. The maximum absolute atomic E-state index is 13.1. The van der Waals surface area contributed by atoms with Crippen molar-refractivity contribution >= 4 is 57.6 Å². The fourth-order valence-corrected chi connectivity index (χ4v) is 6.02. The van der Waals surface area contributed by atoms with Crippen molar-refractivity contribution in [3.63, 3.8) is 0 Å². The van der Waals surface area contributed by atoms with E-state index >= 15 is 0 Å². The zero-order valence-corrected chi connectivity index (χ0v) is 22.8. The van der Waals surface area contributed by atoms with E-state index in [1.165, 1.54) is 16.7 Å². The summed E-state index contributed by atoms with van der Waals surface area (Å²) < 4.78 is 5.88. The number of fused-ring (bicyclic) bond motifs is 1. The number of pyridine rings is 1. The quantitative estimate of drug-likeness (QED) is 0.152. The lowest BCUT2D eigenvalue weighted by molar-refractivity contribution is -0.688. The summed E-state index contributed by atoms with van der Waals surface area (Å²) in [4.78, 5) is 50.6. The molecule has 2 aromatic heterocycles. The monoisotopic (exact) mass is 560 g/mol. The number of β-lactam (4-membered cyclic amide) rings is 1. The van der Waals surface area contributed by atoms with Crippen molar-refractivity contribution < 1.29 is 28.9 Å². The van der Waals surface area contributed by atoms with Gasteiger partial charge in [-0.3, -0.25) is 14.5 Å². The minimum Gasteiger partial charge on any atom is -0.543 e. The van der Waals surface area contributed by atoms with Crippen molar-refractivity contribution in [1.29, 1.82) is 0 Å². The lowest BCUT2D eigenvalue weighted by Gasteiger charge is -2.50. The van der Waals surface area contributed by atoms with Crippen LogP contribution < -0.4 is 25.6 Å².